The van der Waals surface area contributed by atoms with E-state index in [1.165, 1.54) is 5.01 Å². The number of amides is 1. The van der Waals surface area contributed by atoms with E-state index in [1.54, 1.807) is 16.8 Å². The number of hydrogen-bond acceptors (Lipinski definition) is 11. The van der Waals surface area contributed by atoms with E-state index < -0.39 is 24.6 Å². The number of aliphatic hydroxyl groups excluding tert-OH is 2. The second-order valence-electron chi connectivity index (χ2n) is 11.9. The zero-order valence-electron chi connectivity index (χ0n) is 24.8. The van der Waals surface area contributed by atoms with Gasteiger partial charge in [0.25, 0.3) is 5.56 Å². The highest BCUT2D eigenvalue weighted by molar-refractivity contribution is 5.89. The summed E-state index contributed by atoms with van der Waals surface area (Å²) in [4.78, 5) is 44.3. The Morgan fingerprint density at radius 2 is 2.00 bits per heavy atom. The van der Waals surface area contributed by atoms with Crippen molar-refractivity contribution in [1.29, 1.82) is 0 Å². The van der Waals surface area contributed by atoms with Crippen molar-refractivity contribution in [1.82, 2.24) is 24.8 Å². The van der Waals surface area contributed by atoms with Crippen LogP contribution in [-0.2, 0) is 34.0 Å². The van der Waals surface area contributed by atoms with E-state index in [0.29, 0.717) is 30.2 Å². The molecule has 13 heteroatoms. The lowest BCUT2D eigenvalue weighted by Crippen LogP contribution is -2.49. The summed E-state index contributed by atoms with van der Waals surface area (Å²) in [6.45, 7) is 5.77. The van der Waals surface area contributed by atoms with Gasteiger partial charge in [0, 0.05) is 47.5 Å². The third-order valence-electron chi connectivity index (χ3n) is 8.78. The Morgan fingerprint density at radius 3 is 2.77 bits per heavy atom. The normalized spacial score (nSPS) is 19.8. The van der Waals surface area contributed by atoms with Crippen LogP contribution in [0.15, 0.2) is 34.9 Å². The van der Waals surface area contributed by atoms with Crippen molar-refractivity contribution in [3.05, 3.63) is 73.8 Å². The van der Waals surface area contributed by atoms with Gasteiger partial charge < -0.3 is 35.6 Å². The summed E-state index contributed by atoms with van der Waals surface area (Å²) in [6.07, 6.45) is 1.90. The molecule has 44 heavy (non-hydrogen) atoms. The maximum Gasteiger partial charge on any atom is 0.340 e. The van der Waals surface area contributed by atoms with Crippen molar-refractivity contribution < 1.29 is 24.5 Å². The Hall–Kier alpha value is -4.30. The van der Waals surface area contributed by atoms with Crippen LogP contribution in [0.4, 0.5) is 0 Å². The number of hydrogen-bond donors (Lipinski definition) is 5. The predicted molar refractivity (Wildman–Crippen MR) is 161 cm³/mol. The van der Waals surface area contributed by atoms with Gasteiger partial charge in [-0.3, -0.25) is 14.5 Å². The molecule has 0 bridgehead atoms. The number of fused-ring (bicyclic) bond motifs is 5. The first-order chi connectivity index (χ1) is 21.0. The SMILES string of the molecule is Cc1cc2nc3c(c(CN(N)/C=C(\N)CN4CCCC(NC(=O)CO)C4)c2cc1C)Cn1c-3cc2c(c1=O)COC(=O)C2O. The van der Waals surface area contributed by atoms with E-state index in [1.807, 2.05) is 19.9 Å². The van der Waals surface area contributed by atoms with Gasteiger partial charge in [0.2, 0.25) is 5.91 Å². The van der Waals surface area contributed by atoms with Crippen molar-refractivity contribution in [2.24, 2.45) is 11.6 Å². The van der Waals surface area contributed by atoms with Crippen molar-refractivity contribution in [2.45, 2.75) is 58.5 Å². The van der Waals surface area contributed by atoms with Gasteiger partial charge in [-0.05, 0) is 68.1 Å². The van der Waals surface area contributed by atoms with Crippen LogP contribution in [0.2, 0.25) is 0 Å². The molecule has 3 aromatic rings. The number of aryl methyl sites for hydroxylation is 2. The average Bonchev–Trinajstić information content (AvgIpc) is 3.35. The second-order valence-corrected chi connectivity index (χ2v) is 11.9. The standard InChI is InChI=1S/C31H37N7O6/c1-16-6-20-22(12-37(33)10-18(32)9-36-5-3-4-19(11-36)34-27(40)14-39)23-13-38-26(28(23)35-25(20)7-17(16)2)8-21-24(30(38)42)15-44-31(43)29(21)41/h6-8,10,19,29,39,41H,3-5,9,11-15,32-33H2,1-2H3,(H,34,40)/b18-10-. The number of piperidine rings is 1. The molecular weight excluding hydrogens is 566 g/mol. The summed E-state index contributed by atoms with van der Waals surface area (Å²) in [5.74, 6) is 5.37. The number of ether oxygens (including phenoxy) is 1. The summed E-state index contributed by atoms with van der Waals surface area (Å²) >= 11 is 0. The maximum atomic E-state index is 13.5. The van der Waals surface area contributed by atoms with Gasteiger partial charge in [-0.25, -0.2) is 15.6 Å². The monoisotopic (exact) mass is 603 g/mol. The average molecular weight is 604 g/mol. The summed E-state index contributed by atoms with van der Waals surface area (Å²) in [7, 11) is 0. The first kappa shape index (κ1) is 29.8. The lowest BCUT2D eigenvalue weighted by molar-refractivity contribution is -0.157. The molecule has 1 saturated heterocycles. The number of aliphatic hydroxyl groups is 2. The molecule has 3 aliphatic heterocycles. The van der Waals surface area contributed by atoms with Crippen molar-refractivity contribution >= 4 is 22.8 Å². The first-order valence-electron chi connectivity index (χ1n) is 14.7. The molecule has 2 atom stereocenters. The Morgan fingerprint density at radius 1 is 1.23 bits per heavy atom. The van der Waals surface area contributed by atoms with Crippen LogP contribution in [0.5, 0.6) is 0 Å². The zero-order valence-corrected chi connectivity index (χ0v) is 24.8. The Labute approximate surface area is 253 Å². The number of carbonyl (C=O) groups is 2. The molecule has 0 saturated carbocycles. The molecule has 1 amide bonds. The third kappa shape index (κ3) is 5.43. The van der Waals surface area contributed by atoms with E-state index in [-0.39, 0.29) is 42.4 Å². The number of likely N-dealkylation sites (tertiary alicyclic amines) is 1. The molecular formula is C31H37N7O6. The van der Waals surface area contributed by atoms with E-state index >= 15 is 0 Å². The molecule has 2 aromatic heterocycles. The zero-order chi connectivity index (χ0) is 31.3. The smallest absolute Gasteiger partial charge is 0.340 e. The predicted octanol–water partition coefficient (Wildman–Crippen LogP) is 0.181. The number of nitrogens with one attached hydrogen (secondary N) is 1. The molecule has 3 aliphatic rings. The summed E-state index contributed by atoms with van der Waals surface area (Å²) < 4.78 is 6.64. The van der Waals surface area contributed by atoms with Crippen LogP contribution in [-0.4, -0.2) is 73.8 Å². The van der Waals surface area contributed by atoms with Gasteiger partial charge in [-0.2, -0.15) is 0 Å². The fourth-order valence-electron chi connectivity index (χ4n) is 6.48. The Balaban J connectivity index is 1.32. The molecule has 6 rings (SSSR count). The lowest BCUT2D eigenvalue weighted by Gasteiger charge is -2.33. The Kier molecular flexibility index (Phi) is 7.88. The molecule has 1 aromatic carbocycles. The van der Waals surface area contributed by atoms with E-state index in [4.69, 9.17) is 26.4 Å². The highest BCUT2D eigenvalue weighted by Crippen LogP contribution is 2.38. The van der Waals surface area contributed by atoms with Crippen LogP contribution in [0.3, 0.4) is 0 Å². The van der Waals surface area contributed by atoms with Crippen molar-refractivity contribution in [2.75, 3.05) is 26.2 Å². The van der Waals surface area contributed by atoms with E-state index in [2.05, 4.69) is 16.3 Å². The summed E-state index contributed by atoms with van der Waals surface area (Å²) in [5.41, 5.74) is 13.0. The van der Waals surface area contributed by atoms with Gasteiger partial charge in [0.15, 0.2) is 6.10 Å². The van der Waals surface area contributed by atoms with Crippen LogP contribution in [0.1, 0.15) is 52.3 Å². The highest BCUT2D eigenvalue weighted by Gasteiger charge is 2.35. The molecule has 0 aliphatic carbocycles. The van der Waals surface area contributed by atoms with Crippen LogP contribution in [0, 0.1) is 13.8 Å². The van der Waals surface area contributed by atoms with Gasteiger partial charge in [0.05, 0.1) is 35.6 Å². The number of esters is 1. The van der Waals surface area contributed by atoms with Crippen LogP contribution < -0.4 is 22.5 Å². The number of cyclic esters (lactones) is 1. The van der Waals surface area contributed by atoms with Gasteiger partial charge >= 0.3 is 5.97 Å². The molecule has 2 unspecified atom stereocenters. The topological polar surface area (TPSA) is 189 Å². The minimum atomic E-state index is -1.53. The molecule has 13 nitrogen and oxygen atoms in total. The molecule has 0 radical (unpaired) electrons. The highest BCUT2D eigenvalue weighted by atomic mass is 16.5. The summed E-state index contributed by atoms with van der Waals surface area (Å²) in [5, 5.41) is 24.8. The quantitative estimate of drug-likeness (QED) is 0.110. The minimum Gasteiger partial charge on any atom is -0.458 e. The molecule has 1 fully saturated rings. The fourth-order valence-corrected chi connectivity index (χ4v) is 6.48. The molecule has 7 N–H and O–H groups in total. The minimum absolute atomic E-state index is 0.0517. The van der Waals surface area contributed by atoms with Crippen LogP contribution in [0.25, 0.3) is 22.3 Å². The number of benzene rings is 1. The number of pyridine rings is 2. The summed E-state index contributed by atoms with van der Waals surface area (Å²) in [6, 6.07) is 5.71. The number of hydrazine groups is 1. The van der Waals surface area contributed by atoms with Gasteiger partial charge in [-0.1, -0.05) is 0 Å². The van der Waals surface area contributed by atoms with Gasteiger partial charge in [0.1, 0.15) is 13.2 Å². The molecule has 5 heterocycles. The maximum absolute atomic E-state index is 13.5. The van der Waals surface area contributed by atoms with E-state index in [9.17, 15) is 19.5 Å². The van der Waals surface area contributed by atoms with Crippen LogP contribution >= 0.6 is 0 Å². The Bertz CT molecular complexity index is 1770. The number of rotatable bonds is 7. The lowest BCUT2D eigenvalue weighted by atomic mass is 9.96. The fraction of sp³-hybridized carbons (Fsp3) is 0.419. The second kappa shape index (κ2) is 11.7. The number of aromatic nitrogens is 2. The molecule has 232 valence electrons. The third-order valence-corrected chi connectivity index (χ3v) is 8.78. The van der Waals surface area contributed by atoms with Crippen molar-refractivity contribution in [3.8, 4) is 11.4 Å². The number of carbonyl (C=O) groups excluding carboxylic acids is 2. The number of nitrogens with zero attached hydrogens (tertiary/aromatic N) is 4. The number of nitrogens with two attached hydrogens (primary N) is 2. The largest absolute Gasteiger partial charge is 0.458 e. The van der Waals surface area contributed by atoms with Crippen molar-refractivity contribution in [3.63, 3.8) is 0 Å². The molecule has 0 spiro atoms. The van der Waals surface area contributed by atoms with E-state index in [0.717, 1.165) is 52.5 Å². The first-order valence-corrected chi connectivity index (χ1v) is 14.7. The van der Waals surface area contributed by atoms with Gasteiger partial charge in [-0.15, -0.1) is 0 Å².